The number of halogens is 1. The van der Waals surface area contributed by atoms with E-state index in [0.29, 0.717) is 16.8 Å². The molecule has 8 heteroatoms. The first-order valence-electron chi connectivity index (χ1n) is 5.50. The van der Waals surface area contributed by atoms with Crippen LogP contribution in [0, 0.1) is 0 Å². The van der Waals surface area contributed by atoms with Gasteiger partial charge >= 0.3 is 0 Å². The van der Waals surface area contributed by atoms with E-state index in [4.69, 9.17) is 5.84 Å². The topological polar surface area (TPSA) is 96.2 Å². The summed E-state index contributed by atoms with van der Waals surface area (Å²) < 4.78 is 0.667. The minimum atomic E-state index is -0.383. The molecule has 0 aromatic carbocycles. The minimum absolute atomic E-state index is 0.00901. The lowest BCUT2D eigenvalue weighted by Crippen LogP contribution is -2.39. The molecule has 18 heavy (non-hydrogen) atoms. The van der Waals surface area contributed by atoms with E-state index in [9.17, 15) is 4.79 Å². The van der Waals surface area contributed by atoms with Crippen LogP contribution in [-0.4, -0.2) is 40.4 Å². The summed E-state index contributed by atoms with van der Waals surface area (Å²) in [5.41, 5.74) is 2.35. The number of nitrogens with zero attached hydrogens (tertiary/aromatic N) is 3. The third-order valence-corrected chi connectivity index (χ3v) is 3.03. The van der Waals surface area contributed by atoms with E-state index in [1.54, 1.807) is 25.1 Å². The summed E-state index contributed by atoms with van der Waals surface area (Å²) in [5.74, 6) is 6.03. The SMILES string of the molecule is CCN(C)C(=O)C(C)Nc1nc(NN)ncc1Br. The Bertz CT molecular complexity index is 427. The number of rotatable bonds is 5. The second-order valence-corrected chi connectivity index (χ2v) is 4.61. The lowest BCUT2D eigenvalue weighted by Gasteiger charge is -2.21. The molecule has 7 nitrogen and oxygen atoms in total. The maximum Gasteiger partial charge on any atom is 0.244 e. The van der Waals surface area contributed by atoms with Gasteiger partial charge in [-0.25, -0.2) is 10.8 Å². The molecule has 1 aromatic rings. The van der Waals surface area contributed by atoms with E-state index >= 15 is 0 Å². The van der Waals surface area contributed by atoms with E-state index in [1.807, 2.05) is 6.92 Å². The summed E-state index contributed by atoms with van der Waals surface area (Å²) >= 11 is 3.31. The average Bonchev–Trinajstić information content (AvgIpc) is 2.39. The molecule has 0 radical (unpaired) electrons. The number of nitrogens with two attached hydrogens (primary N) is 1. The zero-order chi connectivity index (χ0) is 13.7. The summed E-state index contributed by atoms with van der Waals surface area (Å²) in [7, 11) is 1.75. The highest BCUT2D eigenvalue weighted by Gasteiger charge is 2.17. The number of amides is 1. The van der Waals surface area contributed by atoms with Gasteiger partial charge in [-0.15, -0.1) is 0 Å². The molecule has 1 amide bonds. The van der Waals surface area contributed by atoms with Crippen LogP contribution in [0.4, 0.5) is 11.8 Å². The normalized spacial score (nSPS) is 11.8. The van der Waals surface area contributed by atoms with Crippen LogP contribution in [0.1, 0.15) is 13.8 Å². The molecule has 0 bridgehead atoms. The van der Waals surface area contributed by atoms with Crippen molar-refractivity contribution < 1.29 is 4.79 Å². The second kappa shape index (κ2) is 6.50. The van der Waals surface area contributed by atoms with Crippen LogP contribution in [-0.2, 0) is 4.79 Å². The molecule has 1 unspecified atom stereocenters. The van der Waals surface area contributed by atoms with Gasteiger partial charge in [-0.3, -0.25) is 10.2 Å². The van der Waals surface area contributed by atoms with Gasteiger partial charge in [-0.1, -0.05) is 0 Å². The zero-order valence-electron chi connectivity index (χ0n) is 10.6. The van der Waals surface area contributed by atoms with Gasteiger partial charge in [-0.05, 0) is 29.8 Å². The number of nitrogens with one attached hydrogen (secondary N) is 2. The summed E-state index contributed by atoms with van der Waals surface area (Å²) in [6.07, 6.45) is 1.56. The summed E-state index contributed by atoms with van der Waals surface area (Å²) in [6.45, 7) is 4.35. The van der Waals surface area contributed by atoms with Crippen molar-refractivity contribution in [3.63, 3.8) is 0 Å². The van der Waals surface area contributed by atoms with Crippen molar-refractivity contribution in [3.8, 4) is 0 Å². The fourth-order valence-corrected chi connectivity index (χ4v) is 1.60. The second-order valence-electron chi connectivity index (χ2n) is 3.75. The van der Waals surface area contributed by atoms with Crippen molar-refractivity contribution in [3.05, 3.63) is 10.7 Å². The number of likely N-dealkylation sites (N-methyl/N-ethyl adjacent to an activating group) is 1. The Morgan fingerprint density at radius 3 is 2.89 bits per heavy atom. The summed E-state index contributed by atoms with van der Waals surface area (Å²) in [6, 6.07) is -0.383. The van der Waals surface area contributed by atoms with Crippen molar-refractivity contribution in [2.45, 2.75) is 19.9 Å². The van der Waals surface area contributed by atoms with E-state index < -0.39 is 0 Å². The number of carbonyl (C=O) groups is 1. The first-order valence-corrected chi connectivity index (χ1v) is 6.29. The van der Waals surface area contributed by atoms with Crippen LogP contribution in [0.2, 0.25) is 0 Å². The van der Waals surface area contributed by atoms with Crippen molar-refractivity contribution >= 4 is 33.6 Å². The van der Waals surface area contributed by atoms with Crippen molar-refractivity contribution in [1.29, 1.82) is 0 Å². The van der Waals surface area contributed by atoms with Gasteiger partial charge in [0.2, 0.25) is 11.9 Å². The molecule has 0 fully saturated rings. The van der Waals surface area contributed by atoms with E-state index in [0.717, 1.165) is 0 Å². The lowest BCUT2D eigenvalue weighted by molar-refractivity contribution is -0.130. The summed E-state index contributed by atoms with van der Waals surface area (Å²) in [4.78, 5) is 21.6. The highest BCUT2D eigenvalue weighted by atomic mass is 79.9. The molecule has 100 valence electrons. The summed E-state index contributed by atoms with van der Waals surface area (Å²) in [5, 5.41) is 3.02. The van der Waals surface area contributed by atoms with E-state index in [-0.39, 0.29) is 17.9 Å². The van der Waals surface area contributed by atoms with Crippen LogP contribution in [0.15, 0.2) is 10.7 Å². The largest absolute Gasteiger partial charge is 0.358 e. The average molecular weight is 317 g/mol. The molecule has 1 heterocycles. The van der Waals surface area contributed by atoms with Crippen LogP contribution in [0.5, 0.6) is 0 Å². The van der Waals surface area contributed by atoms with E-state index in [1.165, 1.54) is 0 Å². The molecular formula is C10H17BrN6O. The van der Waals surface area contributed by atoms with Gasteiger partial charge in [0, 0.05) is 19.8 Å². The molecule has 1 aromatic heterocycles. The third-order valence-electron chi connectivity index (χ3n) is 2.45. The molecule has 1 rings (SSSR count). The van der Waals surface area contributed by atoms with Crippen LogP contribution in [0.25, 0.3) is 0 Å². The monoisotopic (exact) mass is 316 g/mol. The van der Waals surface area contributed by atoms with Gasteiger partial charge in [0.25, 0.3) is 0 Å². The first kappa shape index (κ1) is 14.7. The van der Waals surface area contributed by atoms with Gasteiger partial charge in [0.15, 0.2) is 0 Å². The minimum Gasteiger partial charge on any atom is -0.358 e. The highest BCUT2D eigenvalue weighted by molar-refractivity contribution is 9.10. The number of hydrogen-bond acceptors (Lipinski definition) is 6. The molecule has 4 N–H and O–H groups in total. The van der Waals surface area contributed by atoms with Crippen molar-refractivity contribution in [1.82, 2.24) is 14.9 Å². The maximum atomic E-state index is 11.9. The third kappa shape index (κ3) is 3.54. The molecule has 0 saturated carbocycles. The van der Waals surface area contributed by atoms with Crippen molar-refractivity contribution in [2.75, 3.05) is 24.3 Å². The molecule has 0 saturated heterocycles. The number of anilines is 2. The molecular weight excluding hydrogens is 300 g/mol. The number of aromatic nitrogens is 2. The van der Waals surface area contributed by atoms with Crippen LogP contribution in [0.3, 0.4) is 0 Å². The standard InChI is InChI=1S/C10H17BrN6O/c1-4-17(3)9(18)6(2)14-8-7(11)5-13-10(15-8)16-12/h5-6H,4,12H2,1-3H3,(H2,13,14,15,16). The fraction of sp³-hybridized carbons (Fsp3) is 0.500. The Morgan fingerprint density at radius 2 is 2.33 bits per heavy atom. The van der Waals surface area contributed by atoms with Gasteiger partial charge < -0.3 is 10.2 Å². The first-order chi connectivity index (χ1) is 8.49. The number of nitrogen functional groups attached to an aromatic ring is 1. The van der Waals surface area contributed by atoms with Gasteiger partial charge in [-0.2, -0.15) is 4.98 Å². The van der Waals surface area contributed by atoms with Gasteiger partial charge in [0.05, 0.1) is 4.47 Å². The zero-order valence-corrected chi connectivity index (χ0v) is 12.2. The Morgan fingerprint density at radius 1 is 1.67 bits per heavy atom. The predicted molar refractivity (Wildman–Crippen MR) is 73.9 cm³/mol. The van der Waals surface area contributed by atoms with Crippen LogP contribution >= 0.6 is 15.9 Å². The molecule has 0 spiro atoms. The molecule has 0 aliphatic rings. The van der Waals surface area contributed by atoms with Crippen molar-refractivity contribution in [2.24, 2.45) is 5.84 Å². The molecule has 1 atom stereocenters. The predicted octanol–water partition coefficient (Wildman–Crippen LogP) is 0.803. The molecule has 0 aliphatic heterocycles. The fourth-order valence-electron chi connectivity index (χ4n) is 1.29. The number of hydrogen-bond donors (Lipinski definition) is 3. The molecule has 0 aliphatic carbocycles. The Balaban J connectivity index is 2.80. The number of carbonyl (C=O) groups excluding carboxylic acids is 1. The lowest BCUT2D eigenvalue weighted by atomic mass is 10.3. The Labute approximate surface area is 114 Å². The Kier molecular flexibility index (Phi) is 5.29. The Hall–Kier alpha value is -1.41. The highest BCUT2D eigenvalue weighted by Crippen LogP contribution is 2.20. The number of hydrazine groups is 1. The smallest absolute Gasteiger partial charge is 0.244 e. The van der Waals surface area contributed by atoms with Gasteiger partial charge in [0.1, 0.15) is 11.9 Å². The van der Waals surface area contributed by atoms with E-state index in [2.05, 4.69) is 36.6 Å². The van der Waals surface area contributed by atoms with Crippen LogP contribution < -0.4 is 16.6 Å². The maximum absolute atomic E-state index is 11.9. The quantitative estimate of drug-likeness (QED) is 0.549.